The molecule has 3 heteroatoms. The molecule has 0 amide bonds. The van der Waals surface area contributed by atoms with Crippen molar-refractivity contribution in [3.05, 3.63) is 0 Å². The van der Waals surface area contributed by atoms with Crippen molar-refractivity contribution in [1.29, 1.82) is 0 Å². The van der Waals surface area contributed by atoms with E-state index < -0.39 is 11.9 Å². The summed E-state index contributed by atoms with van der Waals surface area (Å²) in [5.74, 6) is -0.990. The van der Waals surface area contributed by atoms with Crippen molar-refractivity contribution in [3.63, 3.8) is 0 Å². The van der Waals surface area contributed by atoms with Crippen LogP contribution in [0.5, 0.6) is 0 Å². The van der Waals surface area contributed by atoms with Crippen LogP contribution >= 0.6 is 0 Å². The molecule has 1 rings (SSSR count). The molecule has 9 heavy (non-hydrogen) atoms. The summed E-state index contributed by atoms with van der Waals surface area (Å²) in [5.41, 5.74) is 0. The molecular weight excluding hydrogens is 120 g/mol. The van der Waals surface area contributed by atoms with Crippen LogP contribution in [0, 0.1) is 0 Å². The fraction of sp³-hybridized carbons (Fsp3) is 0.833. The van der Waals surface area contributed by atoms with Gasteiger partial charge in [0.25, 0.3) is 0 Å². The average molecular weight is 130 g/mol. The lowest BCUT2D eigenvalue weighted by Gasteiger charge is -2.13. The Hall–Kier alpha value is -0.570. The van der Waals surface area contributed by atoms with E-state index >= 15 is 0 Å². The quantitative estimate of drug-likeness (QED) is 0.452. The van der Waals surface area contributed by atoms with Crippen LogP contribution < -0.4 is 0 Å². The van der Waals surface area contributed by atoms with Crippen LogP contribution in [0.1, 0.15) is 20.8 Å². The third kappa shape index (κ3) is 1.21. The van der Waals surface area contributed by atoms with E-state index in [0.717, 1.165) is 0 Å². The van der Waals surface area contributed by atoms with Gasteiger partial charge in [0.15, 0.2) is 6.10 Å². The lowest BCUT2D eigenvalue weighted by Crippen LogP contribution is -2.20. The molecule has 0 aromatic carbocycles. The third-order valence-corrected chi connectivity index (χ3v) is 1.14. The maximum absolute atomic E-state index is 10.6. The summed E-state index contributed by atoms with van der Waals surface area (Å²) in [6, 6.07) is 0. The summed E-state index contributed by atoms with van der Waals surface area (Å²) in [4.78, 5) is 10.6. The van der Waals surface area contributed by atoms with Gasteiger partial charge < -0.3 is 9.47 Å². The molecule has 1 saturated heterocycles. The molecule has 0 aromatic heterocycles. The predicted octanol–water partition coefficient (Wildman–Crippen LogP) is 0.684. The lowest BCUT2D eigenvalue weighted by molar-refractivity contribution is -0.160. The molecule has 0 spiro atoms. The molecular formula is C6H10O3. The number of hydrogen-bond acceptors (Lipinski definition) is 3. The topological polar surface area (TPSA) is 35.5 Å². The Kier molecular flexibility index (Phi) is 1.24. The zero-order valence-electron chi connectivity index (χ0n) is 5.80. The molecule has 0 bridgehead atoms. The zero-order chi connectivity index (χ0) is 7.07. The first-order chi connectivity index (χ1) is 4.01. The highest BCUT2D eigenvalue weighted by molar-refractivity contribution is 5.76. The maximum atomic E-state index is 10.6. The second-order valence-electron chi connectivity index (χ2n) is 2.58. The Morgan fingerprint density at radius 3 is 2.22 bits per heavy atom. The van der Waals surface area contributed by atoms with E-state index in [1.807, 2.05) is 0 Å². The Morgan fingerprint density at radius 2 is 2.11 bits per heavy atom. The molecule has 52 valence electrons. The van der Waals surface area contributed by atoms with Gasteiger partial charge in [-0.3, -0.25) is 0 Å². The second kappa shape index (κ2) is 1.70. The molecule has 0 unspecified atom stereocenters. The third-order valence-electron chi connectivity index (χ3n) is 1.14. The van der Waals surface area contributed by atoms with Gasteiger partial charge in [-0.1, -0.05) is 0 Å². The number of esters is 1. The fourth-order valence-electron chi connectivity index (χ4n) is 0.823. The molecule has 1 aliphatic heterocycles. The van der Waals surface area contributed by atoms with Gasteiger partial charge in [0.05, 0.1) is 0 Å². The van der Waals surface area contributed by atoms with Crippen molar-refractivity contribution in [2.24, 2.45) is 0 Å². The summed E-state index contributed by atoms with van der Waals surface area (Å²) in [6.45, 7) is 5.11. The lowest BCUT2D eigenvalue weighted by atomic mass is 10.4. The molecule has 0 radical (unpaired) electrons. The minimum absolute atomic E-state index is 0.278. The molecule has 0 aliphatic carbocycles. The van der Waals surface area contributed by atoms with Crippen LogP contribution in [0.15, 0.2) is 0 Å². The second-order valence-corrected chi connectivity index (χ2v) is 2.58. The van der Waals surface area contributed by atoms with Crippen molar-refractivity contribution in [1.82, 2.24) is 0 Å². The van der Waals surface area contributed by atoms with Crippen LogP contribution in [0.2, 0.25) is 0 Å². The van der Waals surface area contributed by atoms with Crippen LogP contribution in [-0.2, 0) is 14.3 Å². The first kappa shape index (κ1) is 6.55. The van der Waals surface area contributed by atoms with Crippen molar-refractivity contribution in [3.8, 4) is 0 Å². The van der Waals surface area contributed by atoms with Gasteiger partial charge in [0.2, 0.25) is 5.79 Å². The number of carbonyl (C=O) groups excluding carboxylic acids is 1. The Balaban J connectivity index is 2.65. The minimum atomic E-state index is -0.712. The Morgan fingerprint density at radius 1 is 1.56 bits per heavy atom. The highest BCUT2D eigenvalue weighted by Crippen LogP contribution is 2.22. The summed E-state index contributed by atoms with van der Waals surface area (Å²) in [7, 11) is 0. The monoisotopic (exact) mass is 130 g/mol. The smallest absolute Gasteiger partial charge is 0.337 e. The fourth-order valence-corrected chi connectivity index (χ4v) is 0.823. The van der Waals surface area contributed by atoms with E-state index in [2.05, 4.69) is 0 Å². The van der Waals surface area contributed by atoms with E-state index in [1.54, 1.807) is 20.8 Å². The number of rotatable bonds is 0. The summed E-state index contributed by atoms with van der Waals surface area (Å²) in [6.07, 6.45) is -0.403. The average Bonchev–Trinajstić information content (AvgIpc) is 1.79. The largest absolute Gasteiger partial charge is 0.432 e. The minimum Gasteiger partial charge on any atom is -0.432 e. The van der Waals surface area contributed by atoms with Gasteiger partial charge in [-0.15, -0.1) is 0 Å². The molecule has 0 N–H and O–H groups in total. The van der Waals surface area contributed by atoms with Crippen LogP contribution in [0.25, 0.3) is 0 Å². The number of hydrogen-bond donors (Lipinski definition) is 0. The van der Waals surface area contributed by atoms with E-state index in [4.69, 9.17) is 9.47 Å². The summed E-state index contributed by atoms with van der Waals surface area (Å²) in [5, 5.41) is 0. The summed E-state index contributed by atoms with van der Waals surface area (Å²) < 4.78 is 9.89. The molecule has 1 atom stereocenters. The Bertz CT molecular complexity index is 139. The highest BCUT2D eigenvalue weighted by Gasteiger charge is 2.37. The van der Waals surface area contributed by atoms with Gasteiger partial charge >= 0.3 is 5.97 Å². The zero-order valence-corrected chi connectivity index (χ0v) is 5.80. The number of ether oxygens (including phenoxy) is 2. The van der Waals surface area contributed by atoms with E-state index in [1.165, 1.54) is 0 Å². The van der Waals surface area contributed by atoms with E-state index in [-0.39, 0.29) is 5.97 Å². The standard InChI is InChI=1S/C6H10O3/c1-4-5(7)9-6(2,3)8-4/h4H,1-3H3/t4-/m1/s1. The van der Waals surface area contributed by atoms with Crippen molar-refractivity contribution >= 4 is 5.97 Å². The molecule has 1 heterocycles. The molecule has 3 nitrogen and oxygen atoms in total. The van der Waals surface area contributed by atoms with Crippen molar-refractivity contribution in [2.75, 3.05) is 0 Å². The van der Waals surface area contributed by atoms with Crippen LogP contribution in [0.3, 0.4) is 0 Å². The predicted molar refractivity (Wildman–Crippen MR) is 30.7 cm³/mol. The molecule has 1 aliphatic rings. The number of carbonyl (C=O) groups is 1. The van der Waals surface area contributed by atoms with E-state index in [0.29, 0.717) is 0 Å². The van der Waals surface area contributed by atoms with E-state index in [9.17, 15) is 4.79 Å². The van der Waals surface area contributed by atoms with Gasteiger partial charge in [0, 0.05) is 13.8 Å². The van der Waals surface area contributed by atoms with Gasteiger partial charge in [-0.05, 0) is 6.92 Å². The highest BCUT2D eigenvalue weighted by atomic mass is 16.8. The molecule has 0 saturated carbocycles. The normalized spacial score (nSPS) is 32.3. The van der Waals surface area contributed by atoms with Crippen LogP contribution in [-0.4, -0.2) is 17.9 Å². The van der Waals surface area contributed by atoms with Gasteiger partial charge in [-0.2, -0.15) is 0 Å². The summed E-state index contributed by atoms with van der Waals surface area (Å²) >= 11 is 0. The SMILES string of the molecule is C[C@H]1OC(C)(C)OC1=O. The Labute approximate surface area is 53.9 Å². The number of cyclic esters (lactones) is 1. The van der Waals surface area contributed by atoms with Gasteiger partial charge in [-0.25, -0.2) is 4.79 Å². The molecule has 0 aromatic rings. The van der Waals surface area contributed by atoms with Crippen LogP contribution in [0.4, 0.5) is 0 Å². The first-order valence-corrected chi connectivity index (χ1v) is 2.92. The van der Waals surface area contributed by atoms with Crippen molar-refractivity contribution in [2.45, 2.75) is 32.7 Å². The first-order valence-electron chi connectivity index (χ1n) is 2.92. The maximum Gasteiger partial charge on any atom is 0.337 e. The van der Waals surface area contributed by atoms with Crippen molar-refractivity contribution < 1.29 is 14.3 Å². The molecule has 1 fully saturated rings. The van der Waals surface area contributed by atoms with Gasteiger partial charge in [0.1, 0.15) is 0 Å².